The lowest BCUT2D eigenvalue weighted by atomic mass is 10.2. The molecule has 0 radical (unpaired) electrons. The highest BCUT2D eigenvalue weighted by atomic mass is 32.2. The van der Waals surface area contributed by atoms with Crippen LogP contribution in [0, 0.1) is 0 Å². The third-order valence-electron chi connectivity index (χ3n) is 2.38. The number of hydrogen-bond donors (Lipinski definition) is 2. The van der Waals surface area contributed by atoms with Crippen molar-refractivity contribution in [1.29, 1.82) is 0 Å². The van der Waals surface area contributed by atoms with Gasteiger partial charge in [-0.2, -0.15) is 0 Å². The average Bonchev–Trinajstić information content (AvgIpc) is 2.30. The number of hydrogen-bond acceptors (Lipinski definition) is 3. The van der Waals surface area contributed by atoms with Crippen LogP contribution >= 0.6 is 0 Å². The molecule has 0 amide bonds. The van der Waals surface area contributed by atoms with E-state index in [1.54, 1.807) is 0 Å². The summed E-state index contributed by atoms with van der Waals surface area (Å²) in [6.07, 6.45) is 4.13. The Morgan fingerprint density at radius 1 is 1.21 bits per heavy atom. The fourth-order valence-electron chi connectivity index (χ4n) is 2.01. The van der Waals surface area contributed by atoms with Gasteiger partial charge in [-0.1, -0.05) is 13.8 Å². The van der Waals surface area contributed by atoms with E-state index in [4.69, 9.17) is 0 Å². The minimum Gasteiger partial charge on any atom is -0.312 e. The van der Waals surface area contributed by atoms with Crippen LogP contribution in [0.2, 0.25) is 0 Å². The topological polar surface area (TPSA) is 58.2 Å². The van der Waals surface area contributed by atoms with Crippen LogP contribution in [0.25, 0.3) is 0 Å². The molecule has 0 bridgehead atoms. The molecule has 1 aliphatic carbocycles. The molecule has 4 nitrogen and oxygen atoms in total. The smallest absolute Gasteiger partial charge is 0.208 e. The molecule has 14 heavy (non-hydrogen) atoms. The summed E-state index contributed by atoms with van der Waals surface area (Å²) in [6.45, 7) is 4.22. The molecule has 0 aromatic carbocycles. The molecule has 2 N–H and O–H groups in total. The third kappa shape index (κ3) is 4.39. The van der Waals surface area contributed by atoms with Crippen LogP contribution in [0.4, 0.5) is 0 Å². The summed E-state index contributed by atoms with van der Waals surface area (Å²) >= 11 is 0. The van der Waals surface area contributed by atoms with Crippen LogP contribution in [-0.4, -0.2) is 32.8 Å². The molecule has 0 spiro atoms. The second-order valence-electron chi connectivity index (χ2n) is 4.42. The Morgan fingerprint density at radius 2 is 1.79 bits per heavy atom. The van der Waals surface area contributed by atoms with E-state index in [2.05, 4.69) is 23.9 Å². The maximum atomic E-state index is 11.0. The van der Waals surface area contributed by atoms with Gasteiger partial charge in [0.25, 0.3) is 0 Å². The summed E-state index contributed by atoms with van der Waals surface area (Å²) in [5.41, 5.74) is 0. The van der Waals surface area contributed by atoms with Crippen molar-refractivity contribution in [1.82, 2.24) is 10.0 Å². The first-order valence-electron chi connectivity index (χ1n) is 5.10. The molecule has 0 saturated heterocycles. The molecular formula is C9H20N2O2S. The summed E-state index contributed by atoms with van der Waals surface area (Å²) in [6, 6.07) is 1.06. The van der Waals surface area contributed by atoms with Crippen molar-refractivity contribution in [2.24, 2.45) is 0 Å². The molecule has 0 heterocycles. The summed E-state index contributed by atoms with van der Waals surface area (Å²) in [5.74, 6) is 0. The van der Waals surface area contributed by atoms with Gasteiger partial charge in [-0.05, 0) is 19.3 Å². The average molecular weight is 220 g/mol. The van der Waals surface area contributed by atoms with E-state index in [0.29, 0.717) is 12.1 Å². The van der Waals surface area contributed by atoms with Crippen molar-refractivity contribution in [3.05, 3.63) is 0 Å². The lowest BCUT2D eigenvalue weighted by molar-refractivity contribution is 0.462. The van der Waals surface area contributed by atoms with Crippen molar-refractivity contribution in [3.8, 4) is 0 Å². The quantitative estimate of drug-likeness (QED) is 0.723. The van der Waals surface area contributed by atoms with Gasteiger partial charge >= 0.3 is 0 Å². The molecule has 0 aromatic heterocycles. The first-order chi connectivity index (χ1) is 6.37. The molecular weight excluding hydrogens is 200 g/mol. The van der Waals surface area contributed by atoms with Gasteiger partial charge in [0.05, 0.1) is 6.26 Å². The van der Waals surface area contributed by atoms with Crippen LogP contribution in [0.15, 0.2) is 0 Å². The lowest BCUT2D eigenvalue weighted by Crippen LogP contribution is -2.36. The Hall–Kier alpha value is -0.130. The van der Waals surface area contributed by atoms with Gasteiger partial charge in [0.2, 0.25) is 10.0 Å². The monoisotopic (exact) mass is 220 g/mol. The van der Waals surface area contributed by atoms with E-state index < -0.39 is 10.0 Å². The molecule has 5 heteroatoms. The summed E-state index contributed by atoms with van der Waals surface area (Å²) in [5, 5.41) is 3.42. The van der Waals surface area contributed by atoms with Gasteiger partial charge in [0, 0.05) is 18.1 Å². The molecule has 1 saturated carbocycles. The number of rotatable bonds is 4. The zero-order chi connectivity index (χ0) is 10.8. The highest BCUT2D eigenvalue weighted by Crippen LogP contribution is 2.19. The number of nitrogens with one attached hydrogen (secondary N) is 2. The standard InChI is InChI=1S/C9H20N2O2S/c1-7(2)10-8-4-5-9(6-8)11-14(3,12)13/h7-11H,4-6H2,1-3H3/t8-,9+/m1/s1. The van der Waals surface area contributed by atoms with Gasteiger partial charge < -0.3 is 5.32 Å². The molecule has 1 rings (SSSR count). The van der Waals surface area contributed by atoms with Crippen LogP contribution < -0.4 is 10.0 Å². The molecule has 84 valence electrons. The highest BCUT2D eigenvalue weighted by molar-refractivity contribution is 7.88. The van der Waals surface area contributed by atoms with Crippen molar-refractivity contribution < 1.29 is 8.42 Å². The fraction of sp³-hybridized carbons (Fsp3) is 1.00. The van der Waals surface area contributed by atoms with Gasteiger partial charge in [-0.3, -0.25) is 0 Å². The van der Waals surface area contributed by atoms with E-state index in [0.717, 1.165) is 19.3 Å². The maximum absolute atomic E-state index is 11.0. The van der Waals surface area contributed by atoms with Crippen molar-refractivity contribution >= 4 is 10.0 Å². The SMILES string of the molecule is CC(C)N[C@@H]1CC[C@H](NS(C)(=O)=O)C1. The zero-order valence-electron chi connectivity index (χ0n) is 9.08. The van der Waals surface area contributed by atoms with Crippen molar-refractivity contribution in [3.63, 3.8) is 0 Å². The second kappa shape index (κ2) is 4.59. The normalized spacial score (nSPS) is 28.6. The fourth-order valence-corrected chi connectivity index (χ4v) is 2.83. The molecule has 2 atom stereocenters. The van der Waals surface area contributed by atoms with E-state index in [1.165, 1.54) is 6.26 Å². The van der Waals surface area contributed by atoms with Crippen molar-refractivity contribution in [2.45, 2.75) is 51.2 Å². The molecule has 0 aliphatic heterocycles. The maximum Gasteiger partial charge on any atom is 0.208 e. The molecule has 1 fully saturated rings. The van der Waals surface area contributed by atoms with Gasteiger partial charge in [0.15, 0.2) is 0 Å². The predicted molar refractivity (Wildman–Crippen MR) is 57.7 cm³/mol. The lowest BCUT2D eigenvalue weighted by Gasteiger charge is -2.16. The summed E-state index contributed by atoms with van der Waals surface area (Å²) in [7, 11) is -3.04. The first-order valence-corrected chi connectivity index (χ1v) is 6.99. The van der Waals surface area contributed by atoms with Gasteiger partial charge in [0.1, 0.15) is 0 Å². The Morgan fingerprint density at radius 3 is 2.29 bits per heavy atom. The minimum absolute atomic E-state index is 0.126. The van der Waals surface area contributed by atoms with E-state index in [-0.39, 0.29) is 6.04 Å². The van der Waals surface area contributed by atoms with Gasteiger partial charge in [-0.15, -0.1) is 0 Å². The first kappa shape index (κ1) is 11.9. The molecule has 0 aromatic rings. The largest absolute Gasteiger partial charge is 0.312 e. The van der Waals surface area contributed by atoms with Crippen LogP contribution in [-0.2, 0) is 10.0 Å². The minimum atomic E-state index is -3.04. The predicted octanol–water partition coefficient (Wildman–Crippen LogP) is 0.455. The highest BCUT2D eigenvalue weighted by Gasteiger charge is 2.26. The number of sulfonamides is 1. The third-order valence-corrected chi connectivity index (χ3v) is 3.14. The van der Waals surface area contributed by atoms with E-state index in [1.807, 2.05) is 0 Å². The Bertz CT molecular complexity index is 275. The Labute approximate surface area is 86.5 Å². The van der Waals surface area contributed by atoms with E-state index in [9.17, 15) is 8.42 Å². The molecule has 1 aliphatic rings. The summed E-state index contributed by atoms with van der Waals surface area (Å²) in [4.78, 5) is 0. The zero-order valence-corrected chi connectivity index (χ0v) is 9.89. The Balaban J connectivity index is 2.34. The second-order valence-corrected chi connectivity index (χ2v) is 6.20. The van der Waals surface area contributed by atoms with Gasteiger partial charge in [-0.25, -0.2) is 13.1 Å². The van der Waals surface area contributed by atoms with Crippen LogP contribution in [0.3, 0.4) is 0 Å². The van der Waals surface area contributed by atoms with Crippen molar-refractivity contribution in [2.75, 3.05) is 6.26 Å². The van der Waals surface area contributed by atoms with Crippen LogP contribution in [0.1, 0.15) is 33.1 Å². The van der Waals surface area contributed by atoms with E-state index >= 15 is 0 Å². The Kier molecular flexibility index (Phi) is 3.92. The summed E-state index contributed by atoms with van der Waals surface area (Å²) < 4.78 is 24.6. The molecule has 0 unspecified atom stereocenters. The van der Waals surface area contributed by atoms with Crippen LogP contribution in [0.5, 0.6) is 0 Å².